The number of rotatable bonds is 4. The van der Waals surface area contributed by atoms with Crippen molar-refractivity contribution < 1.29 is 9.90 Å². The summed E-state index contributed by atoms with van der Waals surface area (Å²) in [6, 6.07) is 1.13. The fourth-order valence-corrected chi connectivity index (χ4v) is 1.79. The summed E-state index contributed by atoms with van der Waals surface area (Å²) in [4.78, 5) is 27.8. The van der Waals surface area contributed by atoms with Crippen LogP contribution in [0.25, 0.3) is 0 Å². The number of carboxylic acids is 1. The van der Waals surface area contributed by atoms with Gasteiger partial charge in [-0.05, 0) is 6.42 Å². The van der Waals surface area contributed by atoms with E-state index in [1.165, 1.54) is 0 Å². The molecule has 6 nitrogen and oxygen atoms in total. The van der Waals surface area contributed by atoms with Gasteiger partial charge in [-0.1, -0.05) is 18.7 Å². The molecule has 0 radical (unpaired) electrons. The Kier molecular flexibility index (Phi) is 3.73. The van der Waals surface area contributed by atoms with Gasteiger partial charge in [-0.25, -0.2) is 4.98 Å². The number of nitrogen functional groups attached to an aromatic ring is 1. The molecule has 0 unspecified atom stereocenters. The number of nitrogens with two attached hydrogens (primary N) is 1. The predicted octanol–water partition coefficient (Wildman–Crippen LogP) is -1.03. The maximum absolute atomic E-state index is 11.0. The molecule has 0 aliphatic carbocycles. The summed E-state index contributed by atoms with van der Waals surface area (Å²) in [5.74, 6) is -1.12. The Labute approximate surface area is 89.9 Å². The maximum Gasteiger partial charge on any atom is 0.253 e. The molecular weight excluding hydrogens is 218 g/mol. The lowest BCUT2D eigenvalue weighted by atomic mass is 10.3. The maximum atomic E-state index is 11.0. The van der Waals surface area contributed by atoms with Crippen LogP contribution in [0.1, 0.15) is 13.3 Å². The molecule has 0 fully saturated rings. The molecule has 1 aromatic rings. The summed E-state index contributed by atoms with van der Waals surface area (Å²) < 4.78 is 0. The van der Waals surface area contributed by atoms with Crippen LogP contribution in [0.3, 0.4) is 0 Å². The van der Waals surface area contributed by atoms with Crippen molar-refractivity contribution >= 4 is 23.5 Å². The fraction of sp³-hybridized carbons (Fsp3) is 0.375. The van der Waals surface area contributed by atoms with Gasteiger partial charge < -0.3 is 20.6 Å². The van der Waals surface area contributed by atoms with E-state index in [0.717, 1.165) is 17.8 Å². The van der Waals surface area contributed by atoms with E-state index in [1.807, 2.05) is 0 Å². The standard InChI is InChI=1S/C8H11N3O3S/c1-2-4(7(13)14)15-8-10-5(9)3-6(12)11-8/h3-4H,2H2,1H3,(H,13,14)(H3,9,10,11,12)/p-1/t4-/m0/s1. The molecule has 0 bridgehead atoms. The molecule has 0 saturated heterocycles. The van der Waals surface area contributed by atoms with Crippen LogP contribution < -0.4 is 16.4 Å². The van der Waals surface area contributed by atoms with Crippen molar-refractivity contribution in [3.05, 3.63) is 16.4 Å². The summed E-state index contributed by atoms with van der Waals surface area (Å²) in [7, 11) is 0. The van der Waals surface area contributed by atoms with E-state index in [2.05, 4.69) is 9.97 Å². The highest BCUT2D eigenvalue weighted by Gasteiger charge is 2.11. The minimum absolute atomic E-state index is 0.0643. The van der Waals surface area contributed by atoms with Crippen molar-refractivity contribution in [1.82, 2.24) is 9.97 Å². The molecule has 82 valence electrons. The van der Waals surface area contributed by atoms with Gasteiger partial charge in [0.25, 0.3) is 5.56 Å². The minimum Gasteiger partial charge on any atom is -0.549 e. The molecule has 0 aliphatic rings. The summed E-state index contributed by atoms with van der Waals surface area (Å²) >= 11 is 0.916. The molecule has 0 aromatic carbocycles. The average Bonchev–Trinajstić information content (AvgIpc) is 2.12. The number of hydrogen-bond donors (Lipinski definition) is 2. The van der Waals surface area contributed by atoms with E-state index < -0.39 is 16.8 Å². The summed E-state index contributed by atoms with van der Waals surface area (Å²) in [6.07, 6.45) is 0.380. The largest absolute Gasteiger partial charge is 0.549 e. The van der Waals surface area contributed by atoms with Crippen LogP contribution in [0.15, 0.2) is 16.0 Å². The molecule has 15 heavy (non-hydrogen) atoms. The Morgan fingerprint density at radius 1 is 1.80 bits per heavy atom. The third-order valence-electron chi connectivity index (χ3n) is 1.63. The zero-order chi connectivity index (χ0) is 11.4. The van der Waals surface area contributed by atoms with E-state index in [9.17, 15) is 14.7 Å². The lowest BCUT2D eigenvalue weighted by Crippen LogP contribution is -2.33. The van der Waals surface area contributed by atoms with E-state index in [1.54, 1.807) is 6.92 Å². The first-order chi connectivity index (χ1) is 7.02. The highest BCUT2D eigenvalue weighted by atomic mass is 32.2. The Hall–Kier alpha value is -1.50. The van der Waals surface area contributed by atoms with Gasteiger partial charge in [0.15, 0.2) is 5.16 Å². The number of aliphatic carboxylic acids is 1. The molecule has 0 spiro atoms. The van der Waals surface area contributed by atoms with Gasteiger partial charge in [0.05, 0.1) is 11.2 Å². The predicted molar refractivity (Wildman–Crippen MR) is 54.2 cm³/mol. The van der Waals surface area contributed by atoms with E-state index >= 15 is 0 Å². The first-order valence-electron chi connectivity index (χ1n) is 4.27. The Balaban J connectivity index is 2.88. The topological polar surface area (TPSA) is 112 Å². The zero-order valence-electron chi connectivity index (χ0n) is 8.02. The quantitative estimate of drug-likeness (QED) is 0.503. The molecule has 1 heterocycles. The Morgan fingerprint density at radius 3 is 2.93 bits per heavy atom. The third kappa shape index (κ3) is 3.28. The number of H-pyrrole nitrogens is 1. The monoisotopic (exact) mass is 228 g/mol. The molecule has 1 aromatic heterocycles. The molecular formula is C8H10N3O3S-. The zero-order valence-corrected chi connectivity index (χ0v) is 8.84. The minimum atomic E-state index is -1.19. The smallest absolute Gasteiger partial charge is 0.253 e. The number of aromatic amines is 1. The summed E-state index contributed by atoms with van der Waals surface area (Å²) in [6.45, 7) is 1.71. The van der Waals surface area contributed by atoms with Crippen LogP contribution in [-0.2, 0) is 4.79 Å². The second-order valence-corrected chi connectivity index (χ2v) is 4.00. The number of anilines is 1. The number of thioether (sulfide) groups is 1. The van der Waals surface area contributed by atoms with Crippen LogP contribution in [0.2, 0.25) is 0 Å². The molecule has 0 amide bonds. The number of carbonyl (C=O) groups is 1. The van der Waals surface area contributed by atoms with Gasteiger partial charge in [0.1, 0.15) is 5.82 Å². The van der Waals surface area contributed by atoms with E-state index in [4.69, 9.17) is 5.73 Å². The first-order valence-corrected chi connectivity index (χ1v) is 5.15. The Morgan fingerprint density at radius 2 is 2.47 bits per heavy atom. The van der Waals surface area contributed by atoms with Crippen LogP contribution >= 0.6 is 11.8 Å². The molecule has 3 N–H and O–H groups in total. The van der Waals surface area contributed by atoms with Gasteiger partial charge in [0, 0.05) is 6.07 Å². The SMILES string of the molecule is CC[C@H](Sc1nc(N)cc(=O)[nH]1)C(=O)[O-]. The number of nitrogens with zero attached hydrogens (tertiary/aromatic N) is 1. The second-order valence-electron chi connectivity index (χ2n) is 2.81. The second kappa shape index (κ2) is 4.83. The first kappa shape index (κ1) is 11.6. The fourth-order valence-electron chi connectivity index (χ4n) is 0.942. The number of carbonyl (C=O) groups excluding carboxylic acids is 1. The van der Waals surface area contributed by atoms with Crippen molar-refractivity contribution in [3.8, 4) is 0 Å². The van der Waals surface area contributed by atoms with Gasteiger partial charge in [-0.3, -0.25) is 4.79 Å². The van der Waals surface area contributed by atoms with E-state index in [0.29, 0.717) is 6.42 Å². The summed E-state index contributed by atoms with van der Waals surface area (Å²) in [5.41, 5.74) is 4.94. The van der Waals surface area contributed by atoms with Crippen LogP contribution in [0.4, 0.5) is 5.82 Å². The number of hydrogen-bond acceptors (Lipinski definition) is 6. The number of nitrogens with one attached hydrogen (secondary N) is 1. The third-order valence-corrected chi connectivity index (χ3v) is 2.85. The lowest BCUT2D eigenvalue weighted by molar-refractivity contribution is -0.304. The number of aromatic nitrogens is 2. The van der Waals surface area contributed by atoms with Crippen molar-refractivity contribution in [2.45, 2.75) is 23.8 Å². The van der Waals surface area contributed by atoms with Crippen molar-refractivity contribution in [1.29, 1.82) is 0 Å². The molecule has 7 heteroatoms. The van der Waals surface area contributed by atoms with Crippen molar-refractivity contribution in [2.24, 2.45) is 0 Å². The molecule has 0 aliphatic heterocycles. The normalized spacial score (nSPS) is 12.3. The highest BCUT2D eigenvalue weighted by molar-refractivity contribution is 8.00. The Bertz CT molecular complexity index is 418. The van der Waals surface area contributed by atoms with Crippen LogP contribution in [0.5, 0.6) is 0 Å². The molecule has 0 saturated carbocycles. The van der Waals surface area contributed by atoms with Crippen molar-refractivity contribution in [2.75, 3.05) is 5.73 Å². The lowest BCUT2D eigenvalue weighted by Gasteiger charge is -2.14. The number of carboxylic acid groups (broad SMARTS) is 1. The highest BCUT2D eigenvalue weighted by Crippen LogP contribution is 2.20. The summed E-state index contributed by atoms with van der Waals surface area (Å²) in [5, 5.41) is 10.1. The van der Waals surface area contributed by atoms with Gasteiger partial charge >= 0.3 is 0 Å². The van der Waals surface area contributed by atoms with Crippen LogP contribution in [0, 0.1) is 0 Å². The van der Waals surface area contributed by atoms with E-state index in [-0.39, 0.29) is 11.0 Å². The average molecular weight is 228 g/mol. The van der Waals surface area contributed by atoms with Crippen LogP contribution in [-0.4, -0.2) is 21.2 Å². The van der Waals surface area contributed by atoms with Gasteiger partial charge in [-0.2, -0.15) is 0 Å². The van der Waals surface area contributed by atoms with Gasteiger partial charge in [0.2, 0.25) is 0 Å². The van der Waals surface area contributed by atoms with Crippen molar-refractivity contribution in [3.63, 3.8) is 0 Å². The molecule has 1 rings (SSSR count). The van der Waals surface area contributed by atoms with Gasteiger partial charge in [-0.15, -0.1) is 0 Å². The molecule has 1 atom stereocenters.